The van der Waals surface area contributed by atoms with E-state index in [1.807, 2.05) is 9.58 Å². The van der Waals surface area contributed by atoms with Gasteiger partial charge in [0.15, 0.2) is 0 Å². The Morgan fingerprint density at radius 3 is 2.39 bits per heavy atom. The Hall–Kier alpha value is -1.11. The summed E-state index contributed by atoms with van der Waals surface area (Å²) in [6, 6.07) is 0.280. The maximum Gasteiger partial charge on any atom is 0.390 e. The first-order valence-electron chi connectivity index (χ1n) is 8.72. The summed E-state index contributed by atoms with van der Waals surface area (Å²) in [4.78, 5) is 1.91. The smallest absolute Gasteiger partial charge is 0.303 e. The minimum atomic E-state index is -4.06. The Bertz CT molecular complexity index is 486. The van der Waals surface area contributed by atoms with E-state index in [1.165, 1.54) is 32.1 Å². The summed E-state index contributed by atoms with van der Waals surface area (Å²) in [6.45, 7) is 1.53. The lowest BCUT2D eigenvalue weighted by molar-refractivity contribution is -0.138. The summed E-state index contributed by atoms with van der Waals surface area (Å²) in [7, 11) is 0. The molecule has 0 bridgehead atoms. The van der Waals surface area contributed by atoms with Gasteiger partial charge in [-0.2, -0.15) is 13.2 Å². The van der Waals surface area contributed by atoms with Gasteiger partial charge in [-0.15, -0.1) is 5.10 Å². The predicted octanol–water partition coefficient (Wildman–Crippen LogP) is 3.92. The molecule has 1 aliphatic carbocycles. The highest BCUT2D eigenvalue weighted by atomic mass is 19.4. The second-order valence-corrected chi connectivity index (χ2v) is 6.90. The highest BCUT2D eigenvalue weighted by Gasteiger charge is 2.29. The Balaban J connectivity index is 1.49. The maximum absolute atomic E-state index is 12.3. The summed E-state index contributed by atoms with van der Waals surface area (Å²) >= 11 is 0. The number of rotatable bonds is 4. The van der Waals surface area contributed by atoms with E-state index in [-0.39, 0.29) is 12.6 Å². The normalized spacial score (nSPS) is 22.6. The van der Waals surface area contributed by atoms with Gasteiger partial charge in [0, 0.05) is 31.7 Å². The van der Waals surface area contributed by atoms with E-state index < -0.39 is 12.6 Å². The van der Waals surface area contributed by atoms with Gasteiger partial charge in [0.2, 0.25) is 0 Å². The molecule has 1 saturated heterocycles. The molecule has 3 rings (SSSR count). The number of piperidine rings is 1. The van der Waals surface area contributed by atoms with Crippen molar-refractivity contribution in [2.75, 3.05) is 19.6 Å². The number of nitrogens with zero attached hydrogens (tertiary/aromatic N) is 4. The topological polar surface area (TPSA) is 34.0 Å². The molecule has 1 aromatic rings. The van der Waals surface area contributed by atoms with Gasteiger partial charge < -0.3 is 4.90 Å². The van der Waals surface area contributed by atoms with E-state index >= 15 is 0 Å². The van der Waals surface area contributed by atoms with Crippen LogP contribution in [0.5, 0.6) is 0 Å². The SMILES string of the molecule is FC(F)(F)CCN1CCC(n2cc(C3CCCCC3)nn2)CC1. The molecule has 0 amide bonds. The lowest BCUT2D eigenvalue weighted by atomic mass is 9.87. The highest BCUT2D eigenvalue weighted by molar-refractivity contribution is 5.03. The molecule has 2 fully saturated rings. The van der Waals surface area contributed by atoms with Crippen molar-refractivity contribution < 1.29 is 13.2 Å². The van der Waals surface area contributed by atoms with Crippen molar-refractivity contribution in [3.05, 3.63) is 11.9 Å². The summed E-state index contributed by atoms with van der Waals surface area (Å²) in [5, 5.41) is 8.65. The molecule has 130 valence electrons. The van der Waals surface area contributed by atoms with Gasteiger partial charge in [0.1, 0.15) is 0 Å². The van der Waals surface area contributed by atoms with Gasteiger partial charge in [-0.05, 0) is 25.7 Å². The van der Waals surface area contributed by atoms with Crippen molar-refractivity contribution in [1.82, 2.24) is 19.9 Å². The Morgan fingerprint density at radius 2 is 1.74 bits per heavy atom. The van der Waals surface area contributed by atoms with E-state index in [0.717, 1.165) is 18.5 Å². The molecule has 0 spiro atoms. The van der Waals surface area contributed by atoms with Crippen molar-refractivity contribution in [2.24, 2.45) is 0 Å². The maximum atomic E-state index is 12.3. The fourth-order valence-electron chi connectivity index (χ4n) is 3.75. The van der Waals surface area contributed by atoms with E-state index in [9.17, 15) is 13.2 Å². The van der Waals surface area contributed by atoms with Crippen molar-refractivity contribution >= 4 is 0 Å². The average Bonchev–Trinajstić information content (AvgIpc) is 3.04. The van der Waals surface area contributed by atoms with Crippen molar-refractivity contribution in [3.8, 4) is 0 Å². The van der Waals surface area contributed by atoms with E-state index in [4.69, 9.17) is 0 Å². The third-order valence-electron chi connectivity index (χ3n) is 5.19. The Kier molecular flexibility index (Phi) is 5.24. The summed E-state index contributed by atoms with van der Waals surface area (Å²) in [5.41, 5.74) is 1.10. The Morgan fingerprint density at radius 1 is 1.04 bits per heavy atom. The minimum Gasteiger partial charge on any atom is -0.303 e. The second kappa shape index (κ2) is 7.20. The zero-order chi connectivity index (χ0) is 16.3. The molecule has 0 atom stereocenters. The average molecular weight is 330 g/mol. The third-order valence-corrected chi connectivity index (χ3v) is 5.19. The lowest BCUT2D eigenvalue weighted by Gasteiger charge is -2.31. The predicted molar refractivity (Wildman–Crippen MR) is 81.2 cm³/mol. The van der Waals surface area contributed by atoms with Crippen LogP contribution in [0.25, 0.3) is 0 Å². The molecule has 0 N–H and O–H groups in total. The van der Waals surface area contributed by atoms with Crippen molar-refractivity contribution in [3.63, 3.8) is 0 Å². The monoisotopic (exact) mass is 330 g/mol. The van der Waals surface area contributed by atoms with E-state index in [0.29, 0.717) is 19.0 Å². The second-order valence-electron chi connectivity index (χ2n) is 6.90. The van der Waals surface area contributed by atoms with Gasteiger partial charge in [-0.1, -0.05) is 24.5 Å². The number of likely N-dealkylation sites (tertiary alicyclic amines) is 1. The number of hydrogen-bond donors (Lipinski definition) is 0. The number of hydrogen-bond acceptors (Lipinski definition) is 3. The van der Waals surface area contributed by atoms with Crippen LogP contribution in [-0.4, -0.2) is 45.7 Å². The molecule has 1 aromatic heterocycles. The van der Waals surface area contributed by atoms with Crippen LogP contribution in [0.4, 0.5) is 13.2 Å². The van der Waals surface area contributed by atoms with Crippen LogP contribution in [0.15, 0.2) is 6.20 Å². The third kappa shape index (κ3) is 4.68. The van der Waals surface area contributed by atoms with Crippen LogP contribution in [-0.2, 0) is 0 Å². The van der Waals surface area contributed by atoms with E-state index in [2.05, 4.69) is 16.5 Å². The molecule has 2 aliphatic rings. The number of aromatic nitrogens is 3. The van der Waals surface area contributed by atoms with Crippen molar-refractivity contribution in [1.29, 1.82) is 0 Å². The molecule has 4 nitrogen and oxygen atoms in total. The quantitative estimate of drug-likeness (QED) is 0.839. The molecule has 7 heteroatoms. The largest absolute Gasteiger partial charge is 0.390 e. The number of alkyl halides is 3. The fourth-order valence-corrected chi connectivity index (χ4v) is 3.75. The van der Waals surface area contributed by atoms with Crippen molar-refractivity contribution in [2.45, 2.75) is 69.5 Å². The molecule has 1 aliphatic heterocycles. The van der Waals surface area contributed by atoms with E-state index in [1.54, 1.807) is 0 Å². The summed E-state index contributed by atoms with van der Waals surface area (Å²) < 4.78 is 38.8. The molecule has 0 unspecified atom stereocenters. The molecule has 23 heavy (non-hydrogen) atoms. The fraction of sp³-hybridized carbons (Fsp3) is 0.875. The molecule has 0 radical (unpaired) electrons. The summed E-state index contributed by atoms with van der Waals surface area (Å²) in [5.74, 6) is 0.546. The van der Waals surface area contributed by atoms with Gasteiger partial charge in [-0.25, -0.2) is 4.68 Å². The van der Waals surface area contributed by atoms with Crippen LogP contribution in [0.2, 0.25) is 0 Å². The zero-order valence-electron chi connectivity index (χ0n) is 13.4. The minimum absolute atomic E-state index is 0.112. The highest BCUT2D eigenvalue weighted by Crippen LogP contribution is 2.32. The van der Waals surface area contributed by atoms with Crippen LogP contribution in [0.1, 0.15) is 69.0 Å². The van der Waals surface area contributed by atoms with Gasteiger partial charge in [0.25, 0.3) is 0 Å². The standard InChI is InChI=1S/C16H25F3N4/c17-16(18,19)8-11-22-9-6-14(7-10-22)23-12-15(20-21-23)13-4-2-1-3-5-13/h12-14H,1-11H2. The molecule has 2 heterocycles. The van der Waals surface area contributed by atoms with Gasteiger partial charge in [-0.3, -0.25) is 0 Å². The molecule has 1 saturated carbocycles. The first-order chi connectivity index (χ1) is 11.0. The van der Waals surface area contributed by atoms with Gasteiger partial charge >= 0.3 is 6.18 Å². The van der Waals surface area contributed by atoms with Crippen LogP contribution < -0.4 is 0 Å². The van der Waals surface area contributed by atoms with Gasteiger partial charge in [0.05, 0.1) is 18.2 Å². The van der Waals surface area contributed by atoms with Crippen LogP contribution in [0.3, 0.4) is 0 Å². The molecule has 0 aromatic carbocycles. The number of halogens is 3. The molecular weight excluding hydrogens is 305 g/mol. The van der Waals surface area contributed by atoms with Crippen LogP contribution in [0, 0.1) is 0 Å². The summed E-state index contributed by atoms with van der Waals surface area (Å²) in [6.07, 6.45) is 5.28. The molecular formula is C16H25F3N4. The first kappa shape index (κ1) is 16.7. The zero-order valence-corrected chi connectivity index (χ0v) is 13.4. The van der Waals surface area contributed by atoms with Crippen LogP contribution >= 0.6 is 0 Å². The Labute approximate surface area is 135 Å². The first-order valence-corrected chi connectivity index (χ1v) is 8.72. The lowest BCUT2D eigenvalue weighted by Crippen LogP contribution is -2.36.